The Labute approximate surface area is 37.3 Å². The van der Waals surface area contributed by atoms with E-state index in [1.54, 1.807) is 0 Å². The molecular weight excluding hydrogens is 102 g/mol. The Morgan fingerprint density at radius 3 is 2.17 bits per heavy atom. The van der Waals surface area contributed by atoms with Gasteiger partial charge in [0.15, 0.2) is 0 Å². The van der Waals surface area contributed by atoms with Crippen molar-refractivity contribution in [1.29, 1.82) is 0 Å². The monoisotopic (exact) mass is 106 g/mol. The van der Waals surface area contributed by atoms with E-state index in [2.05, 4.69) is 0 Å². The van der Waals surface area contributed by atoms with Crippen LogP contribution in [-0.2, 0) is 10.3 Å². The van der Waals surface area contributed by atoms with Gasteiger partial charge in [-0.25, -0.2) is 0 Å². The Hall–Kier alpha value is -0.350. The second-order valence-electron chi connectivity index (χ2n) is 0.583. The van der Waals surface area contributed by atoms with Crippen molar-refractivity contribution in [3.8, 4) is 0 Å². The molecule has 0 heterocycles. The number of rotatable bonds is 1. The van der Waals surface area contributed by atoms with Gasteiger partial charge in [0.05, 0.1) is 0 Å². The Kier molecular flexibility index (Phi) is 2.70. The summed E-state index contributed by atoms with van der Waals surface area (Å²) in [4.78, 5) is 0. The Morgan fingerprint density at radius 1 is 1.67 bits per heavy atom. The summed E-state index contributed by atoms with van der Waals surface area (Å²) < 4.78 is 18.8. The fraction of sp³-hybridized carbons (Fsp3) is 0.500. The molecule has 35 valence electrons. The highest BCUT2D eigenvalue weighted by molar-refractivity contribution is 7.71. The first-order valence-corrected chi connectivity index (χ1v) is 2.37. The second kappa shape index (κ2) is 2.87. The third-order valence-electron chi connectivity index (χ3n) is 0.201. The van der Waals surface area contributed by atoms with Crippen LogP contribution < -0.4 is 5.73 Å². The van der Waals surface area contributed by atoms with Crippen molar-refractivity contribution < 1.29 is 8.42 Å². The van der Waals surface area contributed by atoms with E-state index < -0.39 is 10.3 Å². The van der Waals surface area contributed by atoms with Gasteiger partial charge >= 0.3 is 0 Å². The van der Waals surface area contributed by atoms with Gasteiger partial charge in [-0.1, -0.05) is 0 Å². The van der Waals surface area contributed by atoms with Crippen LogP contribution in [0.5, 0.6) is 0 Å². The van der Waals surface area contributed by atoms with Crippen molar-refractivity contribution in [2.75, 3.05) is 6.54 Å². The fourth-order valence-electron chi connectivity index (χ4n) is 0.0680. The maximum Gasteiger partial charge on any atom is 0.219 e. The molecule has 0 bridgehead atoms. The highest BCUT2D eigenvalue weighted by Gasteiger charge is 1.63. The van der Waals surface area contributed by atoms with Gasteiger partial charge < -0.3 is 5.73 Å². The summed E-state index contributed by atoms with van der Waals surface area (Å²) in [5.74, 6) is 0. The zero-order valence-electron chi connectivity index (χ0n) is 3.01. The minimum Gasteiger partial charge on any atom is -0.326 e. The van der Waals surface area contributed by atoms with Crippen molar-refractivity contribution in [3.63, 3.8) is 0 Å². The summed E-state index contributed by atoms with van der Waals surface area (Å²) in [6, 6.07) is 0. The van der Waals surface area contributed by atoms with Gasteiger partial charge in [0, 0.05) is 6.54 Å². The molecule has 0 unspecified atom stereocenters. The number of hydrogen-bond acceptors (Lipinski definition) is 3. The molecule has 0 aromatic carbocycles. The van der Waals surface area contributed by atoms with E-state index in [4.69, 9.17) is 5.73 Å². The second-order valence-corrected chi connectivity index (χ2v) is 1.34. The van der Waals surface area contributed by atoms with Crippen LogP contribution in [0.2, 0.25) is 0 Å². The van der Waals surface area contributed by atoms with E-state index in [0.717, 1.165) is 0 Å². The molecule has 0 aliphatic carbocycles. The maximum absolute atomic E-state index is 9.41. The molecule has 0 saturated carbocycles. The predicted molar refractivity (Wildman–Crippen MR) is 23.0 cm³/mol. The van der Waals surface area contributed by atoms with Crippen LogP contribution in [0.3, 0.4) is 0 Å². The first-order valence-electron chi connectivity index (χ1n) is 1.30. The maximum atomic E-state index is 9.41. The van der Waals surface area contributed by atoms with Crippen molar-refractivity contribution in [2.24, 2.45) is 5.73 Å². The fourth-order valence-corrected chi connectivity index (χ4v) is 0.204. The van der Waals surface area contributed by atoms with Gasteiger partial charge in [-0.05, 0) is 0 Å². The first kappa shape index (κ1) is 5.65. The lowest BCUT2D eigenvalue weighted by molar-refractivity contribution is 0.627. The molecule has 0 rings (SSSR count). The molecule has 0 spiro atoms. The van der Waals surface area contributed by atoms with E-state index in [-0.39, 0.29) is 6.54 Å². The standard InChI is InChI=1S/C2H4NO2S/c3-1-2-6(4)5/h1,3H2. The van der Waals surface area contributed by atoms with Crippen LogP contribution >= 0.6 is 0 Å². The topological polar surface area (TPSA) is 60.2 Å². The van der Waals surface area contributed by atoms with E-state index in [1.807, 2.05) is 5.37 Å². The van der Waals surface area contributed by atoms with Gasteiger partial charge in [-0.15, -0.1) is 0 Å². The summed E-state index contributed by atoms with van der Waals surface area (Å²) in [6.45, 7) is -0.0316. The van der Waals surface area contributed by atoms with Gasteiger partial charge in [0.1, 0.15) is 5.37 Å². The lowest BCUT2D eigenvalue weighted by Gasteiger charge is -1.58. The molecule has 2 N–H and O–H groups in total. The number of nitrogens with two attached hydrogens (primary N) is 1. The summed E-state index contributed by atoms with van der Waals surface area (Å²) in [7, 11) is -2.19. The summed E-state index contributed by atoms with van der Waals surface area (Å²) in [5, 5.41) is 1.90. The SMILES string of the molecule is NC[C]=S(=O)=O. The summed E-state index contributed by atoms with van der Waals surface area (Å²) in [5.41, 5.74) is 4.73. The van der Waals surface area contributed by atoms with Crippen LogP contribution in [0.15, 0.2) is 0 Å². The predicted octanol–water partition coefficient (Wildman–Crippen LogP) is -1.50. The molecule has 4 heteroatoms. The van der Waals surface area contributed by atoms with Crippen LogP contribution in [0.1, 0.15) is 0 Å². The molecule has 0 amide bonds. The van der Waals surface area contributed by atoms with Crippen molar-refractivity contribution in [2.45, 2.75) is 0 Å². The zero-order chi connectivity index (χ0) is 4.99. The Bertz CT molecular complexity index is 126. The highest BCUT2D eigenvalue weighted by atomic mass is 32.2. The lowest BCUT2D eigenvalue weighted by Crippen LogP contribution is -1.98. The zero-order valence-corrected chi connectivity index (χ0v) is 3.83. The Morgan fingerprint density at radius 2 is 2.17 bits per heavy atom. The van der Waals surface area contributed by atoms with Crippen LogP contribution in [0.25, 0.3) is 0 Å². The molecule has 0 saturated heterocycles. The molecule has 0 aliphatic heterocycles. The first-order chi connectivity index (χ1) is 2.77. The van der Waals surface area contributed by atoms with Gasteiger partial charge in [-0.3, -0.25) is 0 Å². The van der Waals surface area contributed by atoms with E-state index in [0.29, 0.717) is 0 Å². The van der Waals surface area contributed by atoms with Crippen LogP contribution in [0.4, 0.5) is 0 Å². The molecule has 3 nitrogen and oxygen atoms in total. The van der Waals surface area contributed by atoms with Crippen LogP contribution in [-0.4, -0.2) is 20.3 Å². The molecule has 0 aromatic heterocycles. The minimum atomic E-state index is -2.19. The minimum absolute atomic E-state index is 0.0316. The molecular formula is C2H4NO2S. The molecule has 0 aliphatic rings. The molecule has 6 heavy (non-hydrogen) atoms. The highest BCUT2D eigenvalue weighted by Crippen LogP contribution is 1.33. The third kappa shape index (κ3) is 3.65. The molecule has 0 atom stereocenters. The normalized spacial score (nSPS) is 7.50. The van der Waals surface area contributed by atoms with E-state index in [9.17, 15) is 8.42 Å². The van der Waals surface area contributed by atoms with Crippen molar-refractivity contribution in [1.82, 2.24) is 0 Å². The van der Waals surface area contributed by atoms with Gasteiger partial charge in [0.25, 0.3) is 0 Å². The summed E-state index contributed by atoms with van der Waals surface area (Å²) in [6.07, 6.45) is 0. The average molecular weight is 106 g/mol. The summed E-state index contributed by atoms with van der Waals surface area (Å²) >= 11 is 0. The van der Waals surface area contributed by atoms with Crippen LogP contribution in [0, 0.1) is 0 Å². The quantitative estimate of drug-likeness (QED) is 0.414. The van der Waals surface area contributed by atoms with Crippen molar-refractivity contribution >= 4 is 15.7 Å². The van der Waals surface area contributed by atoms with E-state index in [1.165, 1.54) is 0 Å². The van der Waals surface area contributed by atoms with Crippen molar-refractivity contribution in [3.05, 3.63) is 0 Å². The van der Waals surface area contributed by atoms with E-state index >= 15 is 0 Å². The molecule has 0 fully saturated rings. The third-order valence-corrected chi connectivity index (χ3v) is 0.604. The van der Waals surface area contributed by atoms with Gasteiger partial charge in [0.2, 0.25) is 10.3 Å². The lowest BCUT2D eigenvalue weighted by atomic mass is 10.8. The smallest absolute Gasteiger partial charge is 0.219 e. The average Bonchev–Trinajstić information content (AvgIpc) is 1.35. The Balaban J connectivity index is 3.78. The molecule has 0 aromatic rings. The molecule has 1 radical (unpaired) electrons. The number of hydrogen-bond donors (Lipinski definition) is 1. The largest absolute Gasteiger partial charge is 0.326 e. The van der Waals surface area contributed by atoms with Gasteiger partial charge in [-0.2, -0.15) is 8.42 Å².